The van der Waals surface area contributed by atoms with Crippen molar-refractivity contribution in [3.63, 3.8) is 0 Å². The van der Waals surface area contributed by atoms with Gasteiger partial charge in [0.15, 0.2) is 5.78 Å². The Labute approximate surface area is 111 Å². The summed E-state index contributed by atoms with van der Waals surface area (Å²) in [5.41, 5.74) is 7.48. The van der Waals surface area contributed by atoms with Crippen molar-refractivity contribution < 1.29 is 4.79 Å². The number of Topliss-reactive ketones (excluding diaryl/α,β-unsaturated/α-hetero) is 1. The first kappa shape index (κ1) is 14.9. The molecule has 0 aliphatic rings. The second-order valence-electron chi connectivity index (χ2n) is 6.02. The minimum Gasteiger partial charge on any atom is -0.319 e. The number of benzene rings is 1. The number of carbonyl (C=O) groups excluding carboxylic acids is 1. The van der Waals surface area contributed by atoms with Crippen molar-refractivity contribution in [1.82, 2.24) is 0 Å². The highest BCUT2D eigenvalue weighted by Crippen LogP contribution is 2.24. The van der Waals surface area contributed by atoms with E-state index in [4.69, 9.17) is 5.73 Å². The summed E-state index contributed by atoms with van der Waals surface area (Å²) in [6, 6.07) is 7.85. The van der Waals surface area contributed by atoms with Crippen molar-refractivity contribution in [2.24, 2.45) is 5.73 Å². The number of ketones is 1. The van der Waals surface area contributed by atoms with Crippen molar-refractivity contribution in [3.8, 4) is 0 Å². The Balaban J connectivity index is 3.03. The number of hydrogen-bond acceptors (Lipinski definition) is 2. The maximum absolute atomic E-state index is 12.4. The largest absolute Gasteiger partial charge is 0.319 e. The molecule has 2 nitrogen and oxygen atoms in total. The maximum Gasteiger partial charge on any atom is 0.182 e. The summed E-state index contributed by atoms with van der Waals surface area (Å²) in [7, 11) is 0. The molecule has 0 spiro atoms. The summed E-state index contributed by atoms with van der Waals surface area (Å²) >= 11 is 0. The third-order valence-electron chi connectivity index (χ3n) is 3.73. The van der Waals surface area contributed by atoms with Gasteiger partial charge in [-0.25, -0.2) is 0 Å². The third-order valence-corrected chi connectivity index (χ3v) is 3.73. The Bertz CT molecular complexity index is 408. The molecular formula is C16H25NO. The molecule has 0 unspecified atom stereocenters. The molecule has 0 saturated carbocycles. The molecule has 0 aromatic heterocycles. The molecule has 0 heterocycles. The van der Waals surface area contributed by atoms with Crippen LogP contribution in [0.4, 0.5) is 0 Å². The Kier molecular flexibility index (Phi) is 4.33. The van der Waals surface area contributed by atoms with E-state index >= 15 is 0 Å². The number of nitrogens with two attached hydrogens (primary N) is 1. The fourth-order valence-electron chi connectivity index (χ4n) is 1.98. The lowest BCUT2D eigenvalue weighted by Crippen LogP contribution is -2.46. The van der Waals surface area contributed by atoms with Crippen LogP contribution in [-0.4, -0.2) is 11.3 Å². The summed E-state index contributed by atoms with van der Waals surface area (Å²) in [6.07, 6.45) is 1.34. The molecule has 0 fully saturated rings. The van der Waals surface area contributed by atoms with Crippen LogP contribution in [0.1, 0.15) is 63.4 Å². The zero-order valence-corrected chi connectivity index (χ0v) is 12.2. The Morgan fingerprint density at radius 2 is 1.50 bits per heavy atom. The van der Waals surface area contributed by atoms with Gasteiger partial charge < -0.3 is 5.73 Å². The molecule has 1 aromatic carbocycles. The summed E-state index contributed by atoms with van der Waals surface area (Å²) in [5, 5.41) is 0. The van der Waals surface area contributed by atoms with Crippen LogP contribution in [0, 0.1) is 0 Å². The number of carbonyl (C=O) groups is 1. The van der Waals surface area contributed by atoms with Crippen LogP contribution in [0.2, 0.25) is 0 Å². The van der Waals surface area contributed by atoms with E-state index < -0.39 is 5.54 Å². The average molecular weight is 247 g/mol. The third kappa shape index (κ3) is 2.99. The van der Waals surface area contributed by atoms with Gasteiger partial charge in [-0.2, -0.15) is 0 Å². The topological polar surface area (TPSA) is 43.1 Å². The first-order valence-corrected chi connectivity index (χ1v) is 6.69. The molecule has 1 aromatic rings. The van der Waals surface area contributed by atoms with Gasteiger partial charge in [-0.1, -0.05) is 58.9 Å². The van der Waals surface area contributed by atoms with Crippen molar-refractivity contribution >= 4 is 5.78 Å². The van der Waals surface area contributed by atoms with Crippen LogP contribution >= 0.6 is 0 Å². The van der Waals surface area contributed by atoms with E-state index in [9.17, 15) is 4.79 Å². The summed E-state index contributed by atoms with van der Waals surface area (Å²) in [5.74, 6) is 0.0490. The van der Waals surface area contributed by atoms with Crippen LogP contribution in [-0.2, 0) is 5.41 Å². The molecular weight excluding hydrogens is 222 g/mol. The maximum atomic E-state index is 12.4. The smallest absolute Gasteiger partial charge is 0.182 e. The molecule has 2 N–H and O–H groups in total. The molecule has 0 atom stereocenters. The normalized spacial score (nSPS) is 12.6. The molecule has 0 radical (unpaired) electrons. The quantitative estimate of drug-likeness (QED) is 0.825. The first-order chi connectivity index (χ1) is 8.24. The Morgan fingerprint density at radius 1 is 1.06 bits per heavy atom. The minimum absolute atomic E-state index is 0.0490. The predicted molar refractivity (Wildman–Crippen MR) is 77.0 cm³/mol. The summed E-state index contributed by atoms with van der Waals surface area (Å²) < 4.78 is 0. The van der Waals surface area contributed by atoms with Gasteiger partial charge >= 0.3 is 0 Å². The molecule has 0 amide bonds. The summed E-state index contributed by atoms with van der Waals surface area (Å²) in [4.78, 5) is 12.4. The lowest BCUT2D eigenvalue weighted by atomic mass is 9.83. The van der Waals surface area contributed by atoms with E-state index in [1.807, 2.05) is 38.1 Å². The Morgan fingerprint density at radius 3 is 1.83 bits per heavy atom. The highest BCUT2D eigenvalue weighted by molar-refractivity contribution is 6.03. The van der Waals surface area contributed by atoms with Gasteiger partial charge in [0.05, 0.1) is 5.54 Å². The SMILES string of the molecule is CCC(N)(CC)C(=O)c1ccc(C(C)(C)C)cc1. The van der Waals surface area contributed by atoms with E-state index in [1.165, 1.54) is 5.56 Å². The number of hydrogen-bond donors (Lipinski definition) is 1. The molecule has 100 valence electrons. The van der Waals surface area contributed by atoms with Crippen molar-refractivity contribution in [1.29, 1.82) is 0 Å². The van der Waals surface area contributed by atoms with Gasteiger partial charge in [0.1, 0.15) is 0 Å². The van der Waals surface area contributed by atoms with Gasteiger partial charge in [-0.05, 0) is 23.8 Å². The molecule has 1 rings (SSSR count). The average Bonchev–Trinajstić information content (AvgIpc) is 2.36. The monoisotopic (exact) mass is 247 g/mol. The van der Waals surface area contributed by atoms with Crippen LogP contribution in [0.3, 0.4) is 0 Å². The number of rotatable bonds is 4. The second kappa shape index (κ2) is 5.23. The molecule has 0 bridgehead atoms. The van der Waals surface area contributed by atoms with Gasteiger partial charge in [0.25, 0.3) is 0 Å². The van der Waals surface area contributed by atoms with Crippen LogP contribution in [0.15, 0.2) is 24.3 Å². The molecule has 0 saturated heterocycles. The lowest BCUT2D eigenvalue weighted by molar-refractivity contribution is 0.0879. The second-order valence-corrected chi connectivity index (χ2v) is 6.02. The highest BCUT2D eigenvalue weighted by atomic mass is 16.1. The highest BCUT2D eigenvalue weighted by Gasteiger charge is 2.30. The van der Waals surface area contributed by atoms with Gasteiger partial charge in [-0.3, -0.25) is 4.79 Å². The van der Waals surface area contributed by atoms with Crippen molar-refractivity contribution in [3.05, 3.63) is 35.4 Å². The van der Waals surface area contributed by atoms with Gasteiger partial charge in [-0.15, -0.1) is 0 Å². The van der Waals surface area contributed by atoms with Crippen LogP contribution in [0.25, 0.3) is 0 Å². The standard InChI is InChI=1S/C16H25NO/c1-6-16(17,7-2)14(18)12-8-10-13(11-9-12)15(3,4)5/h8-11H,6-7,17H2,1-5H3. The van der Waals surface area contributed by atoms with Crippen molar-refractivity contribution in [2.45, 2.75) is 58.4 Å². The lowest BCUT2D eigenvalue weighted by Gasteiger charge is -2.25. The zero-order valence-electron chi connectivity index (χ0n) is 12.2. The predicted octanol–water partition coefficient (Wildman–Crippen LogP) is 3.68. The first-order valence-electron chi connectivity index (χ1n) is 6.69. The Hall–Kier alpha value is -1.15. The fourth-order valence-corrected chi connectivity index (χ4v) is 1.98. The fraction of sp³-hybridized carbons (Fsp3) is 0.562. The molecule has 0 aliphatic carbocycles. The van der Waals surface area contributed by atoms with E-state index in [0.717, 1.165) is 0 Å². The van der Waals surface area contributed by atoms with Crippen LogP contribution in [0.5, 0.6) is 0 Å². The van der Waals surface area contributed by atoms with E-state index in [0.29, 0.717) is 18.4 Å². The van der Waals surface area contributed by atoms with E-state index in [1.54, 1.807) is 0 Å². The molecule has 2 heteroatoms. The molecule has 0 aliphatic heterocycles. The van der Waals surface area contributed by atoms with E-state index in [2.05, 4.69) is 20.8 Å². The molecule has 18 heavy (non-hydrogen) atoms. The summed E-state index contributed by atoms with van der Waals surface area (Å²) in [6.45, 7) is 10.4. The zero-order chi connectivity index (χ0) is 14.0. The van der Waals surface area contributed by atoms with Crippen molar-refractivity contribution in [2.75, 3.05) is 0 Å². The van der Waals surface area contributed by atoms with E-state index in [-0.39, 0.29) is 11.2 Å². The van der Waals surface area contributed by atoms with Crippen LogP contribution < -0.4 is 5.73 Å². The van der Waals surface area contributed by atoms with Gasteiger partial charge in [0, 0.05) is 5.56 Å². The minimum atomic E-state index is -0.719. The van der Waals surface area contributed by atoms with Gasteiger partial charge in [0.2, 0.25) is 0 Å².